The smallest absolute Gasteiger partial charge is 0.416 e. The minimum absolute atomic E-state index is 0.582. The second kappa shape index (κ2) is 8.45. The van der Waals surface area contributed by atoms with Crippen molar-refractivity contribution in [3.63, 3.8) is 0 Å². The third kappa shape index (κ3) is 3.85. The zero-order chi connectivity index (χ0) is 23.9. The summed E-state index contributed by atoms with van der Waals surface area (Å²) in [6.07, 6.45) is -3.03. The van der Waals surface area contributed by atoms with Crippen LogP contribution in [0.25, 0.3) is 16.3 Å². The van der Waals surface area contributed by atoms with Crippen molar-refractivity contribution in [1.29, 1.82) is 0 Å². The standard InChI is InChI=1S/C28H21F3O3/c1-32-20-7-5-6-18(14-20)23-15-24(17-10-12-19(13-11-17)28(29,30)31)34-26-16-25(33-2)21-8-3-4-9-22(21)27(23)26/h3-16,24H,1-2H3. The van der Waals surface area contributed by atoms with Crippen LogP contribution in [-0.2, 0) is 6.18 Å². The van der Waals surface area contributed by atoms with Gasteiger partial charge in [-0.05, 0) is 52.4 Å². The van der Waals surface area contributed by atoms with Gasteiger partial charge < -0.3 is 14.2 Å². The topological polar surface area (TPSA) is 27.7 Å². The van der Waals surface area contributed by atoms with Crippen LogP contribution in [0.5, 0.6) is 17.2 Å². The van der Waals surface area contributed by atoms with Crippen LogP contribution in [0.3, 0.4) is 0 Å². The zero-order valence-electron chi connectivity index (χ0n) is 18.5. The molecule has 0 bridgehead atoms. The van der Waals surface area contributed by atoms with E-state index in [1.165, 1.54) is 12.1 Å². The lowest BCUT2D eigenvalue weighted by molar-refractivity contribution is -0.137. The van der Waals surface area contributed by atoms with Gasteiger partial charge in [0.05, 0.1) is 19.8 Å². The number of fused-ring (bicyclic) bond motifs is 3. The Morgan fingerprint density at radius 3 is 2.21 bits per heavy atom. The Hall–Kier alpha value is -3.93. The molecule has 4 aromatic rings. The van der Waals surface area contributed by atoms with Crippen molar-refractivity contribution < 1.29 is 27.4 Å². The molecular weight excluding hydrogens is 441 g/mol. The van der Waals surface area contributed by atoms with Crippen molar-refractivity contribution in [1.82, 2.24) is 0 Å². The summed E-state index contributed by atoms with van der Waals surface area (Å²) >= 11 is 0. The summed E-state index contributed by atoms with van der Waals surface area (Å²) in [6, 6.07) is 22.5. The molecule has 1 heterocycles. The Kier molecular flexibility index (Phi) is 5.44. The monoisotopic (exact) mass is 462 g/mol. The fourth-order valence-electron chi connectivity index (χ4n) is 4.32. The molecule has 0 radical (unpaired) electrons. The number of hydrogen-bond donors (Lipinski definition) is 0. The van der Waals surface area contributed by atoms with Crippen LogP contribution in [0.2, 0.25) is 0 Å². The van der Waals surface area contributed by atoms with Crippen molar-refractivity contribution in [2.24, 2.45) is 0 Å². The molecular formula is C28H21F3O3. The lowest BCUT2D eigenvalue weighted by Gasteiger charge is -2.28. The van der Waals surface area contributed by atoms with E-state index in [0.717, 1.165) is 39.6 Å². The molecule has 5 rings (SSSR count). The van der Waals surface area contributed by atoms with Crippen molar-refractivity contribution in [3.05, 3.63) is 107 Å². The van der Waals surface area contributed by atoms with Gasteiger partial charge in [-0.3, -0.25) is 0 Å². The predicted molar refractivity (Wildman–Crippen MR) is 125 cm³/mol. The maximum atomic E-state index is 13.1. The molecule has 3 nitrogen and oxygen atoms in total. The molecule has 0 saturated heterocycles. The minimum atomic E-state index is -4.40. The Morgan fingerprint density at radius 2 is 1.53 bits per heavy atom. The third-order valence-corrected chi connectivity index (χ3v) is 5.98. The van der Waals surface area contributed by atoms with Gasteiger partial charge in [0, 0.05) is 17.0 Å². The lowest BCUT2D eigenvalue weighted by atomic mass is 9.88. The number of methoxy groups -OCH3 is 2. The highest BCUT2D eigenvalue weighted by Gasteiger charge is 2.31. The van der Waals surface area contributed by atoms with Gasteiger partial charge in [0.2, 0.25) is 0 Å². The van der Waals surface area contributed by atoms with Gasteiger partial charge in [-0.2, -0.15) is 13.2 Å². The van der Waals surface area contributed by atoms with Crippen molar-refractivity contribution in [3.8, 4) is 17.2 Å². The Labute approximate surface area is 195 Å². The van der Waals surface area contributed by atoms with Gasteiger partial charge in [0.1, 0.15) is 23.4 Å². The average molecular weight is 462 g/mol. The first-order valence-corrected chi connectivity index (χ1v) is 10.7. The Bertz CT molecular complexity index is 1390. The highest BCUT2D eigenvalue weighted by Crippen LogP contribution is 2.47. The quantitative estimate of drug-likeness (QED) is 0.315. The molecule has 34 heavy (non-hydrogen) atoms. The minimum Gasteiger partial charge on any atom is -0.497 e. The predicted octanol–water partition coefficient (Wildman–Crippen LogP) is 7.44. The molecule has 6 heteroatoms. The molecule has 1 aliphatic rings. The van der Waals surface area contributed by atoms with E-state index in [1.54, 1.807) is 14.2 Å². The number of halogens is 3. The van der Waals surface area contributed by atoms with Crippen molar-refractivity contribution in [2.75, 3.05) is 14.2 Å². The molecule has 0 aromatic heterocycles. The molecule has 1 unspecified atom stereocenters. The van der Waals surface area contributed by atoms with E-state index in [0.29, 0.717) is 22.8 Å². The summed E-state index contributed by atoms with van der Waals surface area (Å²) < 4.78 is 56.6. The van der Waals surface area contributed by atoms with E-state index in [1.807, 2.05) is 60.7 Å². The molecule has 1 aliphatic heterocycles. The number of ether oxygens (including phenoxy) is 3. The average Bonchev–Trinajstić information content (AvgIpc) is 2.87. The maximum absolute atomic E-state index is 13.1. The second-order valence-corrected chi connectivity index (χ2v) is 7.97. The van der Waals surface area contributed by atoms with Crippen LogP contribution in [0, 0.1) is 0 Å². The van der Waals surface area contributed by atoms with Crippen LogP contribution in [0.1, 0.15) is 28.4 Å². The van der Waals surface area contributed by atoms with E-state index in [4.69, 9.17) is 14.2 Å². The summed E-state index contributed by atoms with van der Waals surface area (Å²) in [5.74, 6) is 1.96. The summed E-state index contributed by atoms with van der Waals surface area (Å²) in [7, 11) is 3.21. The molecule has 0 aliphatic carbocycles. The van der Waals surface area contributed by atoms with Crippen molar-refractivity contribution >= 4 is 16.3 Å². The summed E-state index contributed by atoms with van der Waals surface area (Å²) in [5.41, 5.74) is 2.64. The normalized spacial score (nSPS) is 15.3. The van der Waals surface area contributed by atoms with Crippen LogP contribution < -0.4 is 14.2 Å². The van der Waals surface area contributed by atoms with Crippen molar-refractivity contribution in [2.45, 2.75) is 12.3 Å². The summed E-state index contributed by atoms with van der Waals surface area (Å²) in [6.45, 7) is 0. The maximum Gasteiger partial charge on any atom is 0.416 e. The van der Waals surface area contributed by atoms with Gasteiger partial charge in [0.15, 0.2) is 0 Å². The summed E-state index contributed by atoms with van der Waals surface area (Å²) in [5, 5.41) is 1.89. The van der Waals surface area contributed by atoms with E-state index < -0.39 is 17.8 Å². The fourth-order valence-corrected chi connectivity index (χ4v) is 4.32. The van der Waals surface area contributed by atoms with Crippen LogP contribution in [0.15, 0.2) is 84.9 Å². The Morgan fingerprint density at radius 1 is 0.794 bits per heavy atom. The largest absolute Gasteiger partial charge is 0.497 e. The van der Waals surface area contributed by atoms with Gasteiger partial charge in [0.25, 0.3) is 0 Å². The number of benzene rings is 4. The first-order chi connectivity index (χ1) is 16.4. The fraction of sp³-hybridized carbons (Fsp3) is 0.143. The molecule has 0 fully saturated rings. The highest BCUT2D eigenvalue weighted by atomic mass is 19.4. The molecule has 0 saturated carbocycles. The molecule has 0 spiro atoms. The van der Waals surface area contributed by atoms with E-state index in [-0.39, 0.29) is 0 Å². The zero-order valence-corrected chi connectivity index (χ0v) is 18.5. The van der Waals surface area contributed by atoms with Gasteiger partial charge >= 0.3 is 6.18 Å². The molecule has 0 amide bonds. The van der Waals surface area contributed by atoms with Crippen LogP contribution in [-0.4, -0.2) is 14.2 Å². The molecule has 172 valence electrons. The lowest BCUT2D eigenvalue weighted by Crippen LogP contribution is -2.13. The van der Waals surface area contributed by atoms with E-state index >= 15 is 0 Å². The molecule has 1 atom stereocenters. The van der Waals surface area contributed by atoms with E-state index in [2.05, 4.69) is 0 Å². The number of rotatable bonds is 4. The number of alkyl halides is 3. The first-order valence-electron chi connectivity index (χ1n) is 10.7. The molecule has 0 N–H and O–H groups in total. The van der Waals surface area contributed by atoms with Gasteiger partial charge in [-0.25, -0.2) is 0 Å². The van der Waals surface area contributed by atoms with Crippen LogP contribution in [0.4, 0.5) is 13.2 Å². The van der Waals surface area contributed by atoms with Crippen LogP contribution >= 0.6 is 0 Å². The number of hydrogen-bond acceptors (Lipinski definition) is 3. The van der Waals surface area contributed by atoms with Gasteiger partial charge in [-0.15, -0.1) is 0 Å². The third-order valence-electron chi connectivity index (χ3n) is 5.98. The Balaban J connectivity index is 1.71. The SMILES string of the molecule is COc1cccc(C2=CC(c3ccc(C(F)(F)F)cc3)Oc3cc(OC)c4ccccc4c32)c1. The highest BCUT2D eigenvalue weighted by molar-refractivity contribution is 6.03. The second-order valence-electron chi connectivity index (χ2n) is 7.97. The summed E-state index contributed by atoms with van der Waals surface area (Å²) in [4.78, 5) is 0. The van der Waals surface area contributed by atoms with Gasteiger partial charge in [-0.1, -0.05) is 48.5 Å². The molecule has 4 aromatic carbocycles. The van der Waals surface area contributed by atoms with E-state index in [9.17, 15) is 13.2 Å². The first kappa shape index (κ1) is 21.9.